The Morgan fingerprint density at radius 1 is 1.26 bits per heavy atom. The highest BCUT2D eigenvalue weighted by Crippen LogP contribution is 2.66. The predicted octanol–water partition coefficient (Wildman–Crippen LogP) is 4.98. The van der Waals surface area contributed by atoms with E-state index in [9.17, 15) is 4.79 Å². The Balaban J connectivity index is 0.000000924. The molecule has 3 atom stereocenters. The molecule has 3 heteroatoms. The third-order valence-electron chi connectivity index (χ3n) is 6.47. The molecule has 3 rings (SSSR count). The van der Waals surface area contributed by atoms with Crippen LogP contribution in [-0.2, 0) is 4.74 Å². The number of ether oxygens (including phenoxy) is 1. The van der Waals surface area contributed by atoms with E-state index in [0.717, 1.165) is 18.4 Å². The van der Waals surface area contributed by atoms with Crippen molar-refractivity contribution in [1.82, 2.24) is 0 Å². The summed E-state index contributed by atoms with van der Waals surface area (Å²) in [7, 11) is 0. The Kier molecular flexibility index (Phi) is 4.79. The van der Waals surface area contributed by atoms with Gasteiger partial charge in [-0.15, -0.1) is 0 Å². The molecular weight excluding hydrogens is 286 g/mol. The van der Waals surface area contributed by atoms with Crippen LogP contribution in [0, 0.1) is 23.7 Å². The standard InChI is InChI=1S/C18H25NO2.C2H6/c1-11-9-12(5-6-14(11)19)16(20)21-15-10-13-7-8-18(15,4)17(13,2)3;1-2/h5-6,9,13,15H,7-8,10,19H2,1-4H3;1-2H3. The number of aryl methyl sites for hydroxylation is 1. The highest BCUT2D eigenvalue weighted by Gasteiger charge is 2.62. The molecule has 2 bridgehead atoms. The first-order chi connectivity index (χ1) is 10.8. The van der Waals surface area contributed by atoms with Crippen molar-refractivity contribution in [2.75, 3.05) is 5.73 Å². The van der Waals surface area contributed by atoms with Crippen LogP contribution in [-0.4, -0.2) is 12.1 Å². The van der Waals surface area contributed by atoms with Crippen molar-refractivity contribution in [2.24, 2.45) is 16.7 Å². The number of carbonyl (C=O) groups excluding carboxylic acids is 1. The maximum Gasteiger partial charge on any atom is 0.338 e. The fourth-order valence-electron chi connectivity index (χ4n) is 4.31. The first-order valence-electron chi connectivity index (χ1n) is 8.83. The summed E-state index contributed by atoms with van der Waals surface area (Å²) in [5.41, 5.74) is 8.40. The SMILES string of the molecule is CC.Cc1cc(C(=O)OC2CC3CCC2(C)C3(C)C)ccc1N. The lowest BCUT2D eigenvalue weighted by Crippen LogP contribution is -2.38. The monoisotopic (exact) mass is 317 g/mol. The van der Waals surface area contributed by atoms with Gasteiger partial charge in [0, 0.05) is 11.1 Å². The van der Waals surface area contributed by atoms with E-state index in [1.165, 1.54) is 6.42 Å². The summed E-state index contributed by atoms with van der Waals surface area (Å²) in [6.07, 6.45) is 3.46. The van der Waals surface area contributed by atoms with Gasteiger partial charge < -0.3 is 10.5 Å². The minimum atomic E-state index is -0.215. The summed E-state index contributed by atoms with van der Waals surface area (Å²) < 4.78 is 5.89. The molecule has 3 nitrogen and oxygen atoms in total. The van der Waals surface area contributed by atoms with Crippen LogP contribution in [0.3, 0.4) is 0 Å². The van der Waals surface area contributed by atoms with E-state index in [1.807, 2.05) is 26.8 Å². The molecule has 3 unspecified atom stereocenters. The van der Waals surface area contributed by atoms with Crippen molar-refractivity contribution in [1.29, 1.82) is 0 Å². The summed E-state index contributed by atoms with van der Waals surface area (Å²) in [6, 6.07) is 5.35. The Hall–Kier alpha value is -1.51. The minimum Gasteiger partial charge on any atom is -0.458 e. The second-order valence-corrected chi connectivity index (χ2v) is 7.58. The molecule has 1 aromatic rings. The lowest BCUT2D eigenvalue weighted by atomic mass is 9.70. The van der Waals surface area contributed by atoms with Crippen molar-refractivity contribution in [3.05, 3.63) is 29.3 Å². The van der Waals surface area contributed by atoms with Crippen LogP contribution in [0.15, 0.2) is 18.2 Å². The van der Waals surface area contributed by atoms with E-state index in [-0.39, 0.29) is 22.9 Å². The predicted molar refractivity (Wildman–Crippen MR) is 95.4 cm³/mol. The summed E-state index contributed by atoms with van der Waals surface area (Å²) >= 11 is 0. The van der Waals surface area contributed by atoms with E-state index in [0.29, 0.717) is 17.2 Å². The zero-order valence-electron chi connectivity index (χ0n) is 15.4. The second-order valence-electron chi connectivity index (χ2n) is 7.58. The molecule has 23 heavy (non-hydrogen) atoms. The average molecular weight is 317 g/mol. The fourth-order valence-corrected chi connectivity index (χ4v) is 4.31. The Morgan fingerprint density at radius 2 is 1.91 bits per heavy atom. The van der Waals surface area contributed by atoms with E-state index in [2.05, 4.69) is 20.8 Å². The number of esters is 1. The van der Waals surface area contributed by atoms with Crippen LogP contribution in [0.5, 0.6) is 0 Å². The van der Waals surface area contributed by atoms with Crippen molar-refractivity contribution < 1.29 is 9.53 Å². The lowest BCUT2D eigenvalue weighted by Gasteiger charge is -2.38. The van der Waals surface area contributed by atoms with Gasteiger partial charge in [-0.05, 0) is 61.3 Å². The molecule has 0 saturated heterocycles. The molecular formula is C20H31NO2. The van der Waals surface area contributed by atoms with Gasteiger partial charge in [-0.2, -0.15) is 0 Å². The molecule has 1 aromatic carbocycles. The third-order valence-corrected chi connectivity index (χ3v) is 6.47. The van der Waals surface area contributed by atoms with Gasteiger partial charge in [0.2, 0.25) is 0 Å². The van der Waals surface area contributed by atoms with Gasteiger partial charge in [-0.25, -0.2) is 4.79 Å². The fraction of sp³-hybridized carbons (Fsp3) is 0.650. The molecule has 0 aromatic heterocycles. The quantitative estimate of drug-likeness (QED) is 0.618. The van der Waals surface area contributed by atoms with E-state index < -0.39 is 0 Å². The zero-order chi connectivity index (χ0) is 17.4. The van der Waals surface area contributed by atoms with E-state index in [1.54, 1.807) is 12.1 Å². The maximum absolute atomic E-state index is 12.4. The molecule has 128 valence electrons. The Labute approximate surface area is 140 Å². The lowest BCUT2D eigenvalue weighted by molar-refractivity contribution is -0.0242. The van der Waals surface area contributed by atoms with Crippen molar-refractivity contribution in [3.8, 4) is 0 Å². The number of nitrogens with two attached hydrogens (primary N) is 1. The van der Waals surface area contributed by atoms with Gasteiger partial charge in [0.05, 0.1) is 5.56 Å². The number of nitrogen functional groups attached to an aromatic ring is 1. The molecule has 2 N–H and O–H groups in total. The molecule has 0 spiro atoms. The second kappa shape index (κ2) is 6.18. The Bertz CT molecular complexity index is 593. The average Bonchev–Trinajstić information content (AvgIpc) is 2.85. The summed E-state index contributed by atoms with van der Waals surface area (Å²) in [5, 5.41) is 0. The van der Waals surface area contributed by atoms with Crippen LogP contribution in [0.1, 0.15) is 69.8 Å². The van der Waals surface area contributed by atoms with Gasteiger partial charge in [-0.3, -0.25) is 0 Å². The van der Waals surface area contributed by atoms with Gasteiger partial charge in [-0.1, -0.05) is 34.6 Å². The number of benzene rings is 1. The van der Waals surface area contributed by atoms with Gasteiger partial charge in [0.15, 0.2) is 0 Å². The number of hydrogen-bond acceptors (Lipinski definition) is 3. The largest absolute Gasteiger partial charge is 0.458 e. The normalized spacial score (nSPS) is 30.5. The minimum absolute atomic E-state index is 0.0385. The van der Waals surface area contributed by atoms with Crippen LogP contribution in [0.4, 0.5) is 5.69 Å². The van der Waals surface area contributed by atoms with Crippen LogP contribution in [0.2, 0.25) is 0 Å². The van der Waals surface area contributed by atoms with Crippen molar-refractivity contribution in [2.45, 2.75) is 66.9 Å². The molecule has 2 saturated carbocycles. The summed E-state index contributed by atoms with van der Waals surface area (Å²) in [6.45, 7) is 12.8. The van der Waals surface area contributed by atoms with Crippen LogP contribution in [0.25, 0.3) is 0 Å². The first-order valence-corrected chi connectivity index (χ1v) is 8.83. The van der Waals surface area contributed by atoms with Gasteiger partial charge in [0.25, 0.3) is 0 Å². The topological polar surface area (TPSA) is 52.3 Å². The number of anilines is 1. The van der Waals surface area contributed by atoms with Gasteiger partial charge >= 0.3 is 5.97 Å². The van der Waals surface area contributed by atoms with Crippen LogP contribution >= 0.6 is 0 Å². The van der Waals surface area contributed by atoms with Crippen LogP contribution < -0.4 is 5.73 Å². The number of rotatable bonds is 2. The third kappa shape index (κ3) is 2.75. The number of hydrogen-bond donors (Lipinski definition) is 1. The summed E-state index contributed by atoms with van der Waals surface area (Å²) in [5.74, 6) is 0.459. The summed E-state index contributed by atoms with van der Waals surface area (Å²) in [4.78, 5) is 12.4. The van der Waals surface area contributed by atoms with Gasteiger partial charge in [0.1, 0.15) is 6.10 Å². The first kappa shape index (κ1) is 17.8. The maximum atomic E-state index is 12.4. The molecule has 0 aliphatic heterocycles. The molecule has 0 radical (unpaired) electrons. The Morgan fingerprint density at radius 3 is 2.39 bits per heavy atom. The molecule has 0 amide bonds. The van der Waals surface area contributed by atoms with Crippen molar-refractivity contribution in [3.63, 3.8) is 0 Å². The highest BCUT2D eigenvalue weighted by molar-refractivity contribution is 5.90. The van der Waals surface area contributed by atoms with Crippen molar-refractivity contribution >= 4 is 11.7 Å². The number of fused-ring (bicyclic) bond motifs is 2. The molecule has 2 aliphatic rings. The molecule has 2 fully saturated rings. The highest BCUT2D eigenvalue weighted by atomic mass is 16.5. The van der Waals surface area contributed by atoms with E-state index >= 15 is 0 Å². The smallest absolute Gasteiger partial charge is 0.338 e. The molecule has 0 heterocycles. The van der Waals surface area contributed by atoms with E-state index in [4.69, 9.17) is 10.5 Å². The molecule has 2 aliphatic carbocycles. The zero-order valence-corrected chi connectivity index (χ0v) is 15.4. The number of carbonyl (C=O) groups is 1.